The van der Waals surface area contributed by atoms with Gasteiger partial charge < -0.3 is 11.1 Å². The summed E-state index contributed by atoms with van der Waals surface area (Å²) in [6, 6.07) is 11.3. The Morgan fingerprint density at radius 2 is 2.10 bits per heavy atom. The Balaban J connectivity index is 1.88. The number of hydrogen-bond acceptors (Lipinski definition) is 2. The number of fused-ring (bicyclic) bond motifs is 1. The maximum Gasteiger partial charge on any atom is 0.326 e. The third kappa shape index (κ3) is 2.42. The zero-order valence-corrected chi connectivity index (χ0v) is 11.6. The second-order valence-corrected chi connectivity index (χ2v) is 5.22. The summed E-state index contributed by atoms with van der Waals surface area (Å²) in [5.74, 6) is -0.449. The molecule has 0 radical (unpaired) electrons. The Bertz CT molecular complexity index is 702. The average Bonchev–Trinajstić information content (AvgIpc) is 2.76. The number of hydrogen-bond donors (Lipinski definition) is 2. The largest absolute Gasteiger partial charge is 0.399 e. The summed E-state index contributed by atoms with van der Waals surface area (Å²) < 4.78 is 13.6. The number of nitrogen functional groups attached to an aromatic ring is 1. The molecule has 2 amide bonds. The van der Waals surface area contributed by atoms with Crippen molar-refractivity contribution in [2.75, 3.05) is 16.0 Å². The molecule has 3 rings (SSSR count). The fourth-order valence-corrected chi connectivity index (χ4v) is 2.70. The van der Waals surface area contributed by atoms with Gasteiger partial charge in [0, 0.05) is 17.4 Å². The highest BCUT2D eigenvalue weighted by atomic mass is 19.1. The molecule has 4 nitrogen and oxygen atoms in total. The zero-order chi connectivity index (χ0) is 15.0. The van der Waals surface area contributed by atoms with Crippen molar-refractivity contribution >= 4 is 23.1 Å². The van der Waals surface area contributed by atoms with Crippen molar-refractivity contribution in [1.29, 1.82) is 0 Å². The first-order chi connectivity index (χ1) is 10.1. The second kappa shape index (κ2) is 5.09. The van der Waals surface area contributed by atoms with E-state index in [2.05, 4.69) is 5.32 Å². The minimum Gasteiger partial charge on any atom is -0.399 e. The SMILES string of the molecule is CC1Cc2cc(N)ccc2N1C(=O)Nc1ccccc1F. The van der Waals surface area contributed by atoms with E-state index < -0.39 is 5.82 Å². The second-order valence-electron chi connectivity index (χ2n) is 5.22. The summed E-state index contributed by atoms with van der Waals surface area (Å²) in [5, 5.41) is 2.62. The molecule has 5 heteroatoms. The van der Waals surface area contributed by atoms with E-state index in [9.17, 15) is 9.18 Å². The van der Waals surface area contributed by atoms with Crippen LogP contribution in [0.15, 0.2) is 42.5 Å². The van der Waals surface area contributed by atoms with Gasteiger partial charge in [-0.25, -0.2) is 9.18 Å². The van der Waals surface area contributed by atoms with Crippen molar-refractivity contribution in [2.24, 2.45) is 0 Å². The van der Waals surface area contributed by atoms with E-state index in [1.165, 1.54) is 12.1 Å². The first kappa shape index (κ1) is 13.4. The predicted octanol–water partition coefficient (Wildman–Crippen LogP) is 3.39. The van der Waals surface area contributed by atoms with Gasteiger partial charge in [0.05, 0.1) is 5.69 Å². The first-order valence-electron chi connectivity index (χ1n) is 6.79. The fourth-order valence-electron chi connectivity index (χ4n) is 2.70. The van der Waals surface area contributed by atoms with Gasteiger partial charge in [0.25, 0.3) is 0 Å². The van der Waals surface area contributed by atoms with Crippen LogP contribution in [0.25, 0.3) is 0 Å². The van der Waals surface area contributed by atoms with Crippen LogP contribution in [0.3, 0.4) is 0 Å². The van der Waals surface area contributed by atoms with Crippen molar-refractivity contribution in [3.63, 3.8) is 0 Å². The molecule has 0 bridgehead atoms. The number of rotatable bonds is 1. The molecule has 1 aliphatic heterocycles. The Kier molecular flexibility index (Phi) is 3.25. The highest BCUT2D eigenvalue weighted by Gasteiger charge is 2.31. The number of para-hydroxylation sites is 1. The predicted molar refractivity (Wildman–Crippen MR) is 81.9 cm³/mol. The Labute approximate surface area is 122 Å². The molecule has 1 aliphatic rings. The molecule has 1 heterocycles. The lowest BCUT2D eigenvalue weighted by Crippen LogP contribution is -2.39. The molecule has 3 N–H and O–H groups in total. The van der Waals surface area contributed by atoms with Crippen molar-refractivity contribution in [1.82, 2.24) is 0 Å². The molecular formula is C16H16FN3O. The molecule has 0 aromatic heterocycles. The van der Waals surface area contributed by atoms with Crippen molar-refractivity contribution in [3.05, 3.63) is 53.8 Å². The number of amides is 2. The monoisotopic (exact) mass is 285 g/mol. The van der Waals surface area contributed by atoms with Gasteiger partial charge in [-0.05, 0) is 49.2 Å². The quantitative estimate of drug-likeness (QED) is 0.789. The van der Waals surface area contributed by atoms with E-state index in [1.807, 2.05) is 19.1 Å². The Morgan fingerprint density at radius 3 is 2.86 bits per heavy atom. The molecule has 1 atom stereocenters. The lowest BCUT2D eigenvalue weighted by Gasteiger charge is -2.23. The molecule has 0 saturated heterocycles. The van der Waals surface area contributed by atoms with Crippen molar-refractivity contribution in [3.8, 4) is 0 Å². The zero-order valence-electron chi connectivity index (χ0n) is 11.6. The normalized spacial score (nSPS) is 16.7. The molecule has 2 aromatic rings. The number of carbonyl (C=O) groups excluding carboxylic acids is 1. The highest BCUT2D eigenvalue weighted by molar-refractivity contribution is 6.03. The Hall–Kier alpha value is -2.56. The third-order valence-corrected chi connectivity index (χ3v) is 3.65. The van der Waals surface area contributed by atoms with Crippen LogP contribution in [0.5, 0.6) is 0 Å². The van der Waals surface area contributed by atoms with E-state index in [4.69, 9.17) is 5.73 Å². The van der Waals surface area contributed by atoms with E-state index >= 15 is 0 Å². The molecular weight excluding hydrogens is 269 g/mol. The van der Waals surface area contributed by atoms with Crippen LogP contribution >= 0.6 is 0 Å². The van der Waals surface area contributed by atoms with Crippen LogP contribution in [0.2, 0.25) is 0 Å². The summed E-state index contributed by atoms with van der Waals surface area (Å²) in [5.41, 5.74) is 8.49. The smallest absolute Gasteiger partial charge is 0.326 e. The van der Waals surface area contributed by atoms with Gasteiger partial charge in [0.2, 0.25) is 0 Å². The average molecular weight is 285 g/mol. The number of nitrogens with two attached hydrogens (primary N) is 1. The topological polar surface area (TPSA) is 58.4 Å². The summed E-state index contributed by atoms with van der Waals surface area (Å²) in [6.45, 7) is 1.96. The van der Waals surface area contributed by atoms with Gasteiger partial charge in [-0.15, -0.1) is 0 Å². The van der Waals surface area contributed by atoms with E-state index in [0.29, 0.717) is 5.69 Å². The van der Waals surface area contributed by atoms with Gasteiger partial charge in [-0.2, -0.15) is 0 Å². The minimum absolute atomic E-state index is 0.00794. The van der Waals surface area contributed by atoms with Crippen molar-refractivity contribution < 1.29 is 9.18 Å². The molecule has 108 valence electrons. The van der Waals surface area contributed by atoms with E-state index in [1.54, 1.807) is 23.1 Å². The van der Waals surface area contributed by atoms with E-state index in [-0.39, 0.29) is 17.8 Å². The summed E-state index contributed by atoms with van der Waals surface area (Å²) in [6.07, 6.45) is 0.741. The summed E-state index contributed by atoms with van der Waals surface area (Å²) in [7, 11) is 0. The number of urea groups is 1. The Morgan fingerprint density at radius 1 is 1.33 bits per heavy atom. The highest BCUT2D eigenvalue weighted by Crippen LogP contribution is 2.34. The fraction of sp³-hybridized carbons (Fsp3) is 0.188. The van der Waals surface area contributed by atoms with Crippen LogP contribution in [-0.4, -0.2) is 12.1 Å². The van der Waals surface area contributed by atoms with Gasteiger partial charge in [0.1, 0.15) is 5.82 Å². The van der Waals surface area contributed by atoms with Crippen LogP contribution in [0.4, 0.5) is 26.2 Å². The minimum atomic E-state index is -0.449. The number of benzene rings is 2. The number of carbonyl (C=O) groups is 1. The van der Waals surface area contributed by atoms with Gasteiger partial charge in [-0.3, -0.25) is 4.90 Å². The number of nitrogens with zero attached hydrogens (tertiary/aromatic N) is 1. The third-order valence-electron chi connectivity index (χ3n) is 3.65. The van der Waals surface area contributed by atoms with Crippen LogP contribution in [0.1, 0.15) is 12.5 Å². The molecule has 0 spiro atoms. The summed E-state index contributed by atoms with van der Waals surface area (Å²) >= 11 is 0. The maximum absolute atomic E-state index is 13.6. The summed E-state index contributed by atoms with van der Waals surface area (Å²) in [4.78, 5) is 14.1. The number of anilines is 3. The first-order valence-corrected chi connectivity index (χ1v) is 6.79. The standard InChI is InChI=1S/C16H16FN3O/c1-10-8-11-9-12(18)6-7-15(11)20(10)16(21)19-14-5-3-2-4-13(14)17/h2-7,9-10H,8,18H2,1H3,(H,19,21). The molecule has 0 aliphatic carbocycles. The van der Waals surface area contributed by atoms with Gasteiger partial charge in [-0.1, -0.05) is 12.1 Å². The van der Waals surface area contributed by atoms with Gasteiger partial charge >= 0.3 is 6.03 Å². The van der Waals surface area contributed by atoms with Gasteiger partial charge in [0.15, 0.2) is 0 Å². The van der Waals surface area contributed by atoms with Crippen molar-refractivity contribution in [2.45, 2.75) is 19.4 Å². The van der Waals surface area contributed by atoms with Crippen LogP contribution in [-0.2, 0) is 6.42 Å². The lowest BCUT2D eigenvalue weighted by atomic mass is 10.1. The molecule has 1 unspecified atom stereocenters. The lowest BCUT2D eigenvalue weighted by molar-refractivity contribution is 0.255. The van der Waals surface area contributed by atoms with Crippen LogP contribution in [0, 0.1) is 5.82 Å². The number of halogens is 1. The molecule has 2 aromatic carbocycles. The molecule has 0 fully saturated rings. The number of nitrogens with one attached hydrogen (secondary N) is 1. The molecule has 0 saturated carbocycles. The molecule has 21 heavy (non-hydrogen) atoms. The van der Waals surface area contributed by atoms with Crippen LogP contribution < -0.4 is 16.0 Å². The maximum atomic E-state index is 13.6. The van der Waals surface area contributed by atoms with E-state index in [0.717, 1.165) is 17.7 Å².